The third-order valence-electron chi connectivity index (χ3n) is 4.85. The summed E-state index contributed by atoms with van der Waals surface area (Å²) >= 11 is 1.54. The van der Waals surface area contributed by atoms with E-state index in [1.165, 1.54) is 16.7 Å². The molecule has 25 heavy (non-hydrogen) atoms. The van der Waals surface area contributed by atoms with Gasteiger partial charge < -0.3 is 9.64 Å². The van der Waals surface area contributed by atoms with Gasteiger partial charge in [-0.15, -0.1) is 0 Å². The fraction of sp³-hybridized carbons (Fsp3) is 0.400. The standard InChI is InChI=1S/C20H23N3OS/c1-12-5-6-16(7-13(12)2)17-8-18-19(21-9-17)20(25-22-18)23-10-14(3)24-15(4)11-23/h5-9,14-15H,10-11H2,1-4H3/t14-,15+. The highest BCUT2D eigenvalue weighted by Gasteiger charge is 2.25. The average Bonchev–Trinajstić information content (AvgIpc) is 2.99. The van der Waals surface area contributed by atoms with Crippen molar-refractivity contribution in [3.05, 3.63) is 41.6 Å². The maximum Gasteiger partial charge on any atom is 0.138 e. The molecule has 1 aliphatic rings. The van der Waals surface area contributed by atoms with Crippen molar-refractivity contribution in [1.29, 1.82) is 0 Å². The molecule has 1 aliphatic heterocycles. The Labute approximate surface area is 152 Å². The number of aryl methyl sites for hydroxylation is 2. The smallest absolute Gasteiger partial charge is 0.138 e. The molecular formula is C20H23N3OS. The molecule has 2 aromatic heterocycles. The minimum absolute atomic E-state index is 0.232. The number of nitrogens with zero attached hydrogens (tertiary/aromatic N) is 3. The van der Waals surface area contributed by atoms with Gasteiger partial charge in [0, 0.05) is 24.8 Å². The van der Waals surface area contributed by atoms with Crippen molar-refractivity contribution in [2.75, 3.05) is 18.0 Å². The first-order chi connectivity index (χ1) is 12.0. The molecule has 0 radical (unpaired) electrons. The zero-order valence-electron chi connectivity index (χ0n) is 15.1. The molecule has 130 valence electrons. The van der Waals surface area contributed by atoms with E-state index in [-0.39, 0.29) is 12.2 Å². The molecular weight excluding hydrogens is 330 g/mol. The van der Waals surface area contributed by atoms with Crippen LogP contribution in [0.25, 0.3) is 22.2 Å². The van der Waals surface area contributed by atoms with E-state index in [1.807, 2.05) is 6.20 Å². The Morgan fingerprint density at radius 2 is 1.80 bits per heavy atom. The fourth-order valence-electron chi connectivity index (χ4n) is 3.45. The van der Waals surface area contributed by atoms with Crippen LogP contribution >= 0.6 is 11.5 Å². The highest BCUT2D eigenvalue weighted by molar-refractivity contribution is 7.11. The molecule has 4 rings (SSSR count). The van der Waals surface area contributed by atoms with E-state index in [9.17, 15) is 0 Å². The van der Waals surface area contributed by atoms with E-state index < -0.39 is 0 Å². The van der Waals surface area contributed by atoms with E-state index >= 15 is 0 Å². The lowest BCUT2D eigenvalue weighted by Gasteiger charge is -2.35. The topological polar surface area (TPSA) is 38.2 Å². The van der Waals surface area contributed by atoms with Gasteiger partial charge in [0.1, 0.15) is 16.0 Å². The number of ether oxygens (including phenoxy) is 1. The van der Waals surface area contributed by atoms with E-state index in [1.54, 1.807) is 11.5 Å². The Kier molecular flexibility index (Phi) is 4.21. The van der Waals surface area contributed by atoms with Crippen molar-refractivity contribution in [2.24, 2.45) is 0 Å². The number of fused-ring (bicyclic) bond motifs is 1. The monoisotopic (exact) mass is 353 g/mol. The van der Waals surface area contributed by atoms with Gasteiger partial charge in [-0.25, -0.2) is 0 Å². The summed E-state index contributed by atoms with van der Waals surface area (Å²) in [6.45, 7) is 10.3. The second-order valence-corrected chi connectivity index (χ2v) is 7.79. The Bertz CT molecular complexity index is 910. The van der Waals surface area contributed by atoms with Gasteiger partial charge in [0.25, 0.3) is 0 Å². The van der Waals surface area contributed by atoms with Crippen molar-refractivity contribution in [1.82, 2.24) is 9.36 Å². The summed E-state index contributed by atoms with van der Waals surface area (Å²) in [7, 11) is 0. The van der Waals surface area contributed by atoms with Gasteiger partial charge in [-0.1, -0.05) is 18.2 Å². The zero-order chi connectivity index (χ0) is 17.6. The lowest BCUT2D eigenvalue weighted by Crippen LogP contribution is -2.45. The summed E-state index contributed by atoms with van der Waals surface area (Å²) in [5.41, 5.74) is 6.90. The van der Waals surface area contributed by atoms with Gasteiger partial charge in [-0.2, -0.15) is 4.37 Å². The number of pyridine rings is 1. The van der Waals surface area contributed by atoms with Gasteiger partial charge in [0.05, 0.1) is 12.2 Å². The van der Waals surface area contributed by atoms with E-state index in [0.717, 1.165) is 34.7 Å². The maximum absolute atomic E-state index is 5.85. The Balaban J connectivity index is 1.70. The van der Waals surface area contributed by atoms with E-state index in [4.69, 9.17) is 9.72 Å². The molecule has 0 bridgehead atoms. The molecule has 0 spiro atoms. The Morgan fingerprint density at radius 1 is 1.04 bits per heavy atom. The van der Waals surface area contributed by atoms with Gasteiger partial charge >= 0.3 is 0 Å². The number of benzene rings is 1. The second kappa shape index (κ2) is 6.39. The molecule has 0 amide bonds. The second-order valence-electron chi connectivity index (χ2n) is 7.04. The van der Waals surface area contributed by atoms with Crippen molar-refractivity contribution in [2.45, 2.75) is 39.9 Å². The van der Waals surface area contributed by atoms with Crippen molar-refractivity contribution in [3.63, 3.8) is 0 Å². The number of hydrogen-bond donors (Lipinski definition) is 0. The van der Waals surface area contributed by atoms with Gasteiger partial charge in [-0.05, 0) is 62.0 Å². The number of hydrogen-bond acceptors (Lipinski definition) is 5. The van der Waals surface area contributed by atoms with Crippen LogP contribution < -0.4 is 4.90 Å². The van der Waals surface area contributed by atoms with E-state index in [0.29, 0.717) is 0 Å². The molecule has 0 saturated carbocycles. The molecule has 1 aromatic carbocycles. The molecule has 2 atom stereocenters. The minimum atomic E-state index is 0.232. The summed E-state index contributed by atoms with van der Waals surface area (Å²) in [5, 5.41) is 1.16. The van der Waals surface area contributed by atoms with Crippen LogP contribution in [-0.4, -0.2) is 34.7 Å². The van der Waals surface area contributed by atoms with Crippen LogP contribution in [0, 0.1) is 13.8 Å². The molecule has 0 N–H and O–H groups in total. The SMILES string of the molecule is Cc1ccc(-c2cnc3c(N4C[C@@H](C)O[C@@H](C)C4)snc3c2)cc1C. The van der Waals surface area contributed by atoms with Crippen LogP contribution in [0.4, 0.5) is 5.00 Å². The molecule has 0 aliphatic carbocycles. The predicted octanol–water partition coefficient (Wildman–Crippen LogP) is 4.59. The van der Waals surface area contributed by atoms with Gasteiger partial charge in [0.2, 0.25) is 0 Å². The molecule has 1 fully saturated rings. The van der Waals surface area contributed by atoms with Crippen molar-refractivity contribution >= 4 is 27.6 Å². The summed E-state index contributed by atoms with van der Waals surface area (Å²) in [6, 6.07) is 8.69. The lowest BCUT2D eigenvalue weighted by molar-refractivity contribution is -0.00494. The van der Waals surface area contributed by atoms with Crippen molar-refractivity contribution in [3.8, 4) is 11.1 Å². The largest absolute Gasteiger partial charge is 0.372 e. The number of morpholine rings is 1. The lowest BCUT2D eigenvalue weighted by atomic mass is 10.0. The highest BCUT2D eigenvalue weighted by atomic mass is 32.1. The summed E-state index contributed by atoms with van der Waals surface area (Å²) in [4.78, 5) is 7.12. The predicted molar refractivity (Wildman–Crippen MR) is 105 cm³/mol. The van der Waals surface area contributed by atoms with E-state index in [2.05, 4.69) is 61.2 Å². The average molecular weight is 353 g/mol. The van der Waals surface area contributed by atoms with Crippen LogP contribution in [0.1, 0.15) is 25.0 Å². The molecule has 3 heterocycles. The number of rotatable bonds is 2. The zero-order valence-corrected chi connectivity index (χ0v) is 15.9. The first-order valence-corrected chi connectivity index (χ1v) is 9.52. The maximum atomic E-state index is 5.85. The van der Waals surface area contributed by atoms with Crippen LogP contribution in [0.2, 0.25) is 0 Å². The third kappa shape index (κ3) is 3.14. The van der Waals surface area contributed by atoms with Crippen LogP contribution in [0.3, 0.4) is 0 Å². The number of aromatic nitrogens is 2. The summed E-state index contributed by atoms with van der Waals surface area (Å²) in [6.07, 6.45) is 2.43. The summed E-state index contributed by atoms with van der Waals surface area (Å²) < 4.78 is 10.5. The van der Waals surface area contributed by atoms with Crippen LogP contribution in [0.5, 0.6) is 0 Å². The number of anilines is 1. The quantitative estimate of drug-likeness (QED) is 0.675. The molecule has 3 aromatic rings. The third-order valence-corrected chi connectivity index (χ3v) is 5.76. The van der Waals surface area contributed by atoms with Crippen LogP contribution in [-0.2, 0) is 4.74 Å². The molecule has 1 saturated heterocycles. The molecule has 5 heteroatoms. The normalized spacial score (nSPS) is 21.0. The van der Waals surface area contributed by atoms with Crippen molar-refractivity contribution < 1.29 is 4.74 Å². The Morgan fingerprint density at radius 3 is 2.52 bits per heavy atom. The minimum Gasteiger partial charge on any atom is -0.372 e. The summed E-state index contributed by atoms with van der Waals surface area (Å²) in [5.74, 6) is 0. The molecule has 4 nitrogen and oxygen atoms in total. The molecule has 0 unspecified atom stereocenters. The highest BCUT2D eigenvalue weighted by Crippen LogP contribution is 2.34. The fourth-order valence-corrected chi connectivity index (χ4v) is 4.29. The van der Waals surface area contributed by atoms with Gasteiger partial charge in [0.15, 0.2) is 0 Å². The van der Waals surface area contributed by atoms with Crippen LogP contribution in [0.15, 0.2) is 30.5 Å². The Hall–Kier alpha value is -1.98. The van der Waals surface area contributed by atoms with Gasteiger partial charge in [-0.3, -0.25) is 4.98 Å². The first-order valence-electron chi connectivity index (χ1n) is 8.74. The first kappa shape index (κ1) is 16.5.